The van der Waals surface area contributed by atoms with Gasteiger partial charge in [0.1, 0.15) is 17.2 Å². The molecular formula is C25H22ClF2N5O. The Bertz CT molecular complexity index is 1360. The van der Waals surface area contributed by atoms with E-state index in [1.807, 2.05) is 30.3 Å². The number of halogens is 3. The fraction of sp³-hybridized carbons (Fsp3) is 0.240. The predicted molar refractivity (Wildman–Crippen MR) is 127 cm³/mol. The van der Waals surface area contributed by atoms with Gasteiger partial charge >= 0.3 is 0 Å². The molecular weight excluding hydrogens is 460 g/mol. The number of rotatable bonds is 5. The van der Waals surface area contributed by atoms with Crippen molar-refractivity contribution in [2.45, 2.75) is 19.4 Å². The zero-order chi connectivity index (χ0) is 23.7. The number of nitrogens with one attached hydrogen (secondary N) is 1. The van der Waals surface area contributed by atoms with Crippen LogP contribution < -0.4 is 10.2 Å². The van der Waals surface area contributed by atoms with Crippen molar-refractivity contribution >= 4 is 28.8 Å². The molecule has 34 heavy (non-hydrogen) atoms. The summed E-state index contributed by atoms with van der Waals surface area (Å²) in [5.41, 5.74) is 2.65. The lowest BCUT2D eigenvalue weighted by Crippen LogP contribution is -2.43. The van der Waals surface area contributed by atoms with Crippen LogP contribution in [-0.4, -0.2) is 33.6 Å². The summed E-state index contributed by atoms with van der Waals surface area (Å²) in [6.45, 7) is 1.26. The Morgan fingerprint density at radius 3 is 2.85 bits per heavy atom. The molecule has 5 rings (SSSR count). The van der Waals surface area contributed by atoms with Crippen molar-refractivity contribution in [2.24, 2.45) is 5.92 Å². The third-order valence-electron chi connectivity index (χ3n) is 6.08. The molecule has 0 saturated carbocycles. The highest BCUT2D eigenvalue weighted by Crippen LogP contribution is 2.31. The number of anilines is 1. The molecule has 1 aliphatic heterocycles. The first-order chi connectivity index (χ1) is 16.5. The monoisotopic (exact) mass is 481 g/mol. The van der Waals surface area contributed by atoms with Crippen LogP contribution in [0.1, 0.15) is 18.4 Å². The highest BCUT2D eigenvalue weighted by molar-refractivity contribution is 6.33. The lowest BCUT2D eigenvalue weighted by atomic mass is 9.97. The fourth-order valence-corrected chi connectivity index (χ4v) is 4.56. The van der Waals surface area contributed by atoms with E-state index in [0.29, 0.717) is 11.6 Å². The van der Waals surface area contributed by atoms with E-state index in [4.69, 9.17) is 11.6 Å². The smallest absolute Gasteiger partial charge is 0.225 e. The van der Waals surface area contributed by atoms with E-state index in [-0.39, 0.29) is 23.9 Å². The maximum atomic E-state index is 13.9. The topological polar surface area (TPSA) is 62.5 Å². The van der Waals surface area contributed by atoms with Gasteiger partial charge in [-0.15, -0.1) is 0 Å². The molecule has 0 spiro atoms. The highest BCUT2D eigenvalue weighted by Gasteiger charge is 2.28. The van der Waals surface area contributed by atoms with Gasteiger partial charge in [0.15, 0.2) is 5.82 Å². The summed E-state index contributed by atoms with van der Waals surface area (Å²) in [5, 5.41) is 8.06. The first kappa shape index (κ1) is 22.3. The molecule has 1 fully saturated rings. The summed E-state index contributed by atoms with van der Waals surface area (Å²) in [4.78, 5) is 19.5. The van der Waals surface area contributed by atoms with Crippen molar-refractivity contribution in [1.82, 2.24) is 19.9 Å². The Hall–Kier alpha value is -3.52. The average molecular weight is 482 g/mol. The minimum absolute atomic E-state index is 0.0130. The average Bonchev–Trinajstić information content (AvgIpc) is 3.28. The maximum Gasteiger partial charge on any atom is 0.225 e. The van der Waals surface area contributed by atoms with E-state index < -0.39 is 11.6 Å². The van der Waals surface area contributed by atoms with Crippen LogP contribution in [0.2, 0.25) is 5.02 Å². The molecule has 1 aliphatic rings. The number of amides is 1. The van der Waals surface area contributed by atoms with Gasteiger partial charge < -0.3 is 10.2 Å². The second kappa shape index (κ2) is 9.38. The van der Waals surface area contributed by atoms with E-state index in [9.17, 15) is 13.6 Å². The molecule has 6 nitrogen and oxygen atoms in total. The summed E-state index contributed by atoms with van der Waals surface area (Å²) < 4.78 is 28.8. The van der Waals surface area contributed by atoms with Crippen LogP contribution in [0.5, 0.6) is 0 Å². The van der Waals surface area contributed by atoms with Crippen LogP contribution in [0, 0.1) is 17.6 Å². The predicted octanol–water partition coefficient (Wildman–Crippen LogP) is 4.86. The number of hydrogen-bond acceptors (Lipinski definition) is 4. The summed E-state index contributed by atoms with van der Waals surface area (Å²) in [7, 11) is 0. The van der Waals surface area contributed by atoms with Crippen LogP contribution >= 0.6 is 11.6 Å². The summed E-state index contributed by atoms with van der Waals surface area (Å²) >= 11 is 6.36. The van der Waals surface area contributed by atoms with E-state index >= 15 is 0 Å². The van der Waals surface area contributed by atoms with Crippen molar-refractivity contribution in [3.8, 4) is 11.3 Å². The van der Waals surface area contributed by atoms with Crippen molar-refractivity contribution in [3.05, 3.63) is 83.1 Å². The molecule has 2 aromatic carbocycles. The maximum absolute atomic E-state index is 13.9. The second-order valence-corrected chi connectivity index (χ2v) is 8.74. The summed E-state index contributed by atoms with van der Waals surface area (Å²) in [6, 6.07) is 12.8. The molecule has 4 aromatic rings. The molecule has 9 heteroatoms. The molecule has 1 N–H and O–H groups in total. The quantitative estimate of drug-likeness (QED) is 0.442. The zero-order valence-corrected chi connectivity index (χ0v) is 19.0. The highest BCUT2D eigenvalue weighted by atomic mass is 35.5. The minimum Gasteiger partial charge on any atom is -0.354 e. The standard InChI is InChI=1S/C25H22ClF2N5O/c26-20-6-2-1-5-19(20)22-13-23-24(29-9-11-33(23)31-22)32-10-3-4-17(15-32)25(34)30-14-16-7-8-18(27)12-21(16)28/h1-2,5-9,11-13,17H,3-4,10,14-15H2,(H,30,34)/t17-/m0/s1. The van der Waals surface area contributed by atoms with Crippen molar-refractivity contribution < 1.29 is 13.6 Å². The van der Waals surface area contributed by atoms with Gasteiger partial charge in [0.05, 0.1) is 16.6 Å². The van der Waals surface area contributed by atoms with Gasteiger partial charge in [0, 0.05) is 49.2 Å². The van der Waals surface area contributed by atoms with Gasteiger partial charge in [-0.25, -0.2) is 18.3 Å². The number of hydrogen-bond donors (Lipinski definition) is 1. The Balaban J connectivity index is 1.33. The molecule has 1 saturated heterocycles. The van der Waals surface area contributed by atoms with Gasteiger partial charge in [0.2, 0.25) is 5.91 Å². The molecule has 0 radical (unpaired) electrons. The number of benzene rings is 2. The lowest BCUT2D eigenvalue weighted by molar-refractivity contribution is -0.125. The van der Waals surface area contributed by atoms with Gasteiger partial charge in [-0.2, -0.15) is 5.10 Å². The molecule has 2 aromatic heterocycles. The molecule has 1 amide bonds. The SMILES string of the molecule is O=C(NCc1ccc(F)cc1F)[C@H]1CCCN(c2nccn3nc(-c4ccccc4Cl)cc23)C1. The van der Waals surface area contributed by atoms with Crippen molar-refractivity contribution in [2.75, 3.05) is 18.0 Å². The lowest BCUT2D eigenvalue weighted by Gasteiger charge is -2.33. The van der Waals surface area contributed by atoms with Crippen LogP contribution in [0.25, 0.3) is 16.8 Å². The Kier molecular flexibility index (Phi) is 6.15. The molecule has 0 aliphatic carbocycles. The van der Waals surface area contributed by atoms with E-state index in [1.54, 1.807) is 16.9 Å². The second-order valence-electron chi connectivity index (χ2n) is 8.33. The van der Waals surface area contributed by atoms with Crippen LogP contribution in [0.4, 0.5) is 14.6 Å². The fourth-order valence-electron chi connectivity index (χ4n) is 4.33. The van der Waals surface area contributed by atoms with Crippen LogP contribution in [0.15, 0.2) is 60.9 Å². The van der Waals surface area contributed by atoms with E-state index in [0.717, 1.165) is 48.0 Å². The number of carbonyl (C=O) groups excluding carboxylic acids is 1. The first-order valence-corrected chi connectivity index (χ1v) is 11.4. The third-order valence-corrected chi connectivity index (χ3v) is 6.41. The number of aromatic nitrogens is 3. The first-order valence-electron chi connectivity index (χ1n) is 11.1. The normalized spacial score (nSPS) is 16.1. The molecule has 0 unspecified atom stereocenters. The Morgan fingerprint density at radius 1 is 1.18 bits per heavy atom. The van der Waals surface area contributed by atoms with Gasteiger partial charge in [-0.1, -0.05) is 35.9 Å². The Labute approximate surface area is 200 Å². The van der Waals surface area contributed by atoms with Crippen LogP contribution in [0.3, 0.4) is 0 Å². The molecule has 1 atom stereocenters. The number of fused-ring (bicyclic) bond motifs is 1. The number of carbonyl (C=O) groups is 1. The van der Waals surface area contributed by atoms with Crippen LogP contribution in [-0.2, 0) is 11.3 Å². The molecule has 0 bridgehead atoms. The van der Waals surface area contributed by atoms with E-state index in [2.05, 4.69) is 20.3 Å². The summed E-state index contributed by atoms with van der Waals surface area (Å²) in [6.07, 6.45) is 5.01. The van der Waals surface area contributed by atoms with Gasteiger partial charge in [-0.3, -0.25) is 4.79 Å². The molecule has 174 valence electrons. The number of piperidine rings is 1. The largest absolute Gasteiger partial charge is 0.354 e. The Morgan fingerprint density at radius 2 is 2.03 bits per heavy atom. The van der Waals surface area contributed by atoms with Crippen molar-refractivity contribution in [3.63, 3.8) is 0 Å². The third kappa shape index (κ3) is 4.46. The van der Waals surface area contributed by atoms with Gasteiger partial charge in [-0.05, 0) is 31.0 Å². The number of nitrogens with zero attached hydrogens (tertiary/aromatic N) is 4. The zero-order valence-electron chi connectivity index (χ0n) is 18.2. The minimum atomic E-state index is -0.670. The summed E-state index contributed by atoms with van der Waals surface area (Å²) in [5.74, 6) is -1.00. The van der Waals surface area contributed by atoms with Gasteiger partial charge in [0.25, 0.3) is 0 Å². The van der Waals surface area contributed by atoms with Crippen molar-refractivity contribution in [1.29, 1.82) is 0 Å². The molecule has 3 heterocycles. The van der Waals surface area contributed by atoms with E-state index in [1.165, 1.54) is 12.1 Å².